The highest BCUT2D eigenvalue weighted by atomic mass is 35.5. The molecule has 0 atom stereocenters. The fraction of sp³-hybridized carbons (Fsp3) is 0.0714. The van der Waals surface area contributed by atoms with Crippen LogP contribution in [0, 0.1) is 0 Å². The minimum atomic E-state index is -1.04. The Morgan fingerprint density at radius 2 is 2.00 bits per heavy atom. The molecule has 0 saturated carbocycles. The molecule has 0 amide bonds. The largest absolute Gasteiger partial charge is 0.477 e. The molecule has 1 N–H and O–H groups in total. The highest BCUT2D eigenvalue weighted by molar-refractivity contribution is 6.31. The Labute approximate surface area is 119 Å². The lowest BCUT2D eigenvalue weighted by atomic mass is 10.1. The number of nitrogens with zero attached hydrogens (tertiary/aromatic N) is 3. The minimum Gasteiger partial charge on any atom is -0.477 e. The van der Waals surface area contributed by atoms with Gasteiger partial charge in [0.2, 0.25) is 0 Å². The first-order valence-electron chi connectivity index (χ1n) is 5.96. The summed E-state index contributed by atoms with van der Waals surface area (Å²) in [6.45, 7) is 0. The van der Waals surface area contributed by atoms with Crippen molar-refractivity contribution in [3.8, 4) is 0 Å². The Morgan fingerprint density at radius 1 is 1.20 bits per heavy atom. The number of fused-ring (bicyclic) bond motifs is 1. The average Bonchev–Trinajstić information content (AvgIpc) is 2.83. The van der Waals surface area contributed by atoms with E-state index in [1.807, 2.05) is 18.2 Å². The number of carboxylic acids is 1. The third kappa shape index (κ3) is 2.23. The van der Waals surface area contributed by atoms with Crippen LogP contribution >= 0.6 is 11.6 Å². The van der Waals surface area contributed by atoms with E-state index in [9.17, 15) is 4.79 Å². The van der Waals surface area contributed by atoms with Gasteiger partial charge in [-0.05, 0) is 23.8 Å². The quantitative estimate of drug-likeness (QED) is 0.804. The van der Waals surface area contributed by atoms with Gasteiger partial charge in [0.25, 0.3) is 0 Å². The molecule has 0 aliphatic rings. The van der Waals surface area contributed by atoms with E-state index in [-0.39, 0.29) is 5.69 Å². The van der Waals surface area contributed by atoms with E-state index >= 15 is 0 Å². The van der Waals surface area contributed by atoms with Crippen LogP contribution in [0.1, 0.15) is 21.9 Å². The molecule has 0 bridgehead atoms. The van der Waals surface area contributed by atoms with E-state index in [2.05, 4.69) is 10.1 Å². The fourth-order valence-electron chi connectivity index (χ4n) is 2.00. The number of aromatic carboxylic acids is 1. The van der Waals surface area contributed by atoms with Gasteiger partial charge in [0.15, 0.2) is 17.2 Å². The molecular weight excluding hydrogens is 278 g/mol. The van der Waals surface area contributed by atoms with E-state index in [1.54, 1.807) is 18.2 Å². The number of hydrogen-bond acceptors (Lipinski definition) is 3. The molecule has 0 radical (unpaired) electrons. The van der Waals surface area contributed by atoms with Gasteiger partial charge in [0.1, 0.15) is 0 Å². The average molecular weight is 288 g/mol. The van der Waals surface area contributed by atoms with Crippen molar-refractivity contribution in [3.63, 3.8) is 0 Å². The van der Waals surface area contributed by atoms with Crippen LogP contribution in [0.15, 0.2) is 42.5 Å². The lowest BCUT2D eigenvalue weighted by Crippen LogP contribution is -2.05. The summed E-state index contributed by atoms with van der Waals surface area (Å²) < 4.78 is 1.33. The van der Waals surface area contributed by atoms with Gasteiger partial charge < -0.3 is 5.11 Å². The monoisotopic (exact) mass is 287 g/mol. The maximum atomic E-state index is 11.1. The molecule has 1 aromatic carbocycles. The first-order valence-corrected chi connectivity index (χ1v) is 6.34. The molecule has 5 nitrogen and oxygen atoms in total. The fourth-order valence-corrected chi connectivity index (χ4v) is 2.20. The highest BCUT2D eigenvalue weighted by Gasteiger charge is 2.12. The van der Waals surface area contributed by atoms with Crippen molar-refractivity contribution in [2.24, 2.45) is 0 Å². The molecule has 20 heavy (non-hydrogen) atoms. The van der Waals surface area contributed by atoms with Crippen LogP contribution in [0.25, 0.3) is 5.65 Å². The van der Waals surface area contributed by atoms with Gasteiger partial charge >= 0.3 is 5.97 Å². The summed E-state index contributed by atoms with van der Waals surface area (Å²) in [7, 11) is 0. The standard InChI is InChI=1S/C14H10ClN3O2/c15-10-5-2-1-4-9(10)8-12-16-13-7-3-6-11(14(19)20)18(13)17-12/h1-7H,8H2,(H,19,20). The summed E-state index contributed by atoms with van der Waals surface area (Å²) in [5, 5.41) is 14.0. The lowest BCUT2D eigenvalue weighted by Gasteiger charge is -1.99. The lowest BCUT2D eigenvalue weighted by molar-refractivity contribution is 0.0687. The van der Waals surface area contributed by atoms with Crippen LogP contribution in [0.3, 0.4) is 0 Å². The van der Waals surface area contributed by atoms with Crippen LogP contribution in [-0.4, -0.2) is 25.7 Å². The SMILES string of the molecule is O=C(O)c1cccc2nc(Cc3ccccc3Cl)nn12. The predicted octanol–water partition coefficient (Wildman–Crippen LogP) is 2.67. The molecular formula is C14H10ClN3O2. The molecule has 100 valence electrons. The van der Waals surface area contributed by atoms with Crippen molar-refractivity contribution in [3.05, 3.63) is 64.6 Å². The van der Waals surface area contributed by atoms with Gasteiger partial charge in [-0.3, -0.25) is 0 Å². The van der Waals surface area contributed by atoms with Crippen LogP contribution in [-0.2, 0) is 6.42 Å². The number of carbonyl (C=O) groups is 1. The van der Waals surface area contributed by atoms with Crippen molar-refractivity contribution in [2.75, 3.05) is 0 Å². The van der Waals surface area contributed by atoms with Gasteiger partial charge in [0.05, 0.1) is 0 Å². The van der Waals surface area contributed by atoms with Gasteiger partial charge in [-0.25, -0.2) is 14.3 Å². The van der Waals surface area contributed by atoms with Crippen molar-refractivity contribution in [1.29, 1.82) is 0 Å². The van der Waals surface area contributed by atoms with E-state index in [0.717, 1.165) is 5.56 Å². The minimum absolute atomic E-state index is 0.0837. The van der Waals surface area contributed by atoms with Crippen LogP contribution in [0.2, 0.25) is 5.02 Å². The molecule has 0 aliphatic heterocycles. The number of aromatic nitrogens is 3. The molecule has 0 fully saturated rings. The summed E-state index contributed by atoms with van der Waals surface area (Å²) in [5.41, 5.74) is 1.49. The zero-order chi connectivity index (χ0) is 14.1. The van der Waals surface area contributed by atoms with Crippen LogP contribution < -0.4 is 0 Å². The van der Waals surface area contributed by atoms with Gasteiger partial charge in [-0.1, -0.05) is 35.9 Å². The summed E-state index contributed by atoms with van der Waals surface area (Å²) in [4.78, 5) is 15.4. The first kappa shape index (κ1) is 12.6. The third-order valence-corrected chi connectivity index (χ3v) is 3.30. The van der Waals surface area contributed by atoms with Gasteiger partial charge in [-0.15, -0.1) is 0 Å². The van der Waals surface area contributed by atoms with E-state index in [4.69, 9.17) is 16.7 Å². The van der Waals surface area contributed by atoms with Crippen molar-refractivity contribution >= 4 is 23.2 Å². The number of halogens is 1. The predicted molar refractivity (Wildman–Crippen MR) is 74.2 cm³/mol. The van der Waals surface area contributed by atoms with Crippen LogP contribution in [0.4, 0.5) is 0 Å². The topological polar surface area (TPSA) is 67.5 Å². The number of carboxylic acid groups (broad SMARTS) is 1. The summed E-state index contributed by atoms with van der Waals surface area (Å²) in [6, 6.07) is 12.3. The highest BCUT2D eigenvalue weighted by Crippen LogP contribution is 2.18. The zero-order valence-corrected chi connectivity index (χ0v) is 11.1. The molecule has 6 heteroatoms. The molecule has 0 aliphatic carbocycles. The second-order valence-corrected chi connectivity index (χ2v) is 4.69. The Hall–Kier alpha value is -2.40. The Bertz CT molecular complexity index is 798. The maximum absolute atomic E-state index is 11.1. The van der Waals surface area contributed by atoms with Crippen molar-refractivity contribution in [1.82, 2.24) is 14.6 Å². The van der Waals surface area contributed by atoms with Crippen molar-refractivity contribution in [2.45, 2.75) is 6.42 Å². The Morgan fingerprint density at radius 3 is 2.75 bits per heavy atom. The van der Waals surface area contributed by atoms with E-state index in [0.29, 0.717) is 22.9 Å². The maximum Gasteiger partial charge on any atom is 0.354 e. The molecule has 3 rings (SSSR count). The Kier molecular flexibility index (Phi) is 3.12. The molecule has 0 unspecified atom stereocenters. The molecule has 3 aromatic rings. The number of benzene rings is 1. The second kappa shape index (κ2) is 4.94. The Balaban J connectivity index is 2.04. The summed E-state index contributed by atoms with van der Waals surface area (Å²) >= 11 is 6.10. The molecule has 2 heterocycles. The molecule has 0 saturated heterocycles. The van der Waals surface area contributed by atoms with Gasteiger partial charge in [0, 0.05) is 11.4 Å². The number of rotatable bonds is 3. The summed E-state index contributed by atoms with van der Waals surface area (Å²) in [5.74, 6) is -0.503. The molecule has 0 spiro atoms. The van der Waals surface area contributed by atoms with Crippen LogP contribution in [0.5, 0.6) is 0 Å². The normalized spacial score (nSPS) is 10.8. The van der Waals surface area contributed by atoms with Gasteiger partial charge in [-0.2, -0.15) is 5.10 Å². The zero-order valence-electron chi connectivity index (χ0n) is 10.3. The number of hydrogen-bond donors (Lipinski definition) is 1. The first-order chi connectivity index (χ1) is 9.65. The third-order valence-electron chi connectivity index (χ3n) is 2.93. The number of pyridine rings is 1. The summed E-state index contributed by atoms with van der Waals surface area (Å²) in [6.07, 6.45) is 0.459. The van der Waals surface area contributed by atoms with Crippen molar-refractivity contribution < 1.29 is 9.90 Å². The van der Waals surface area contributed by atoms with E-state index in [1.165, 1.54) is 10.6 Å². The second-order valence-electron chi connectivity index (χ2n) is 4.28. The van der Waals surface area contributed by atoms with E-state index < -0.39 is 5.97 Å². The molecule has 2 aromatic heterocycles. The smallest absolute Gasteiger partial charge is 0.354 e.